The van der Waals surface area contributed by atoms with Crippen LogP contribution in [0.3, 0.4) is 0 Å². The topological polar surface area (TPSA) is 9.23 Å². The van der Waals surface area contributed by atoms with E-state index in [2.05, 4.69) is 31.9 Å². The molecule has 3 rings (SSSR count). The fourth-order valence-corrected chi connectivity index (χ4v) is 4.86. The molecule has 0 aliphatic heterocycles. The van der Waals surface area contributed by atoms with Gasteiger partial charge in [0.15, 0.2) is 11.6 Å². The molecule has 0 saturated heterocycles. The van der Waals surface area contributed by atoms with Gasteiger partial charge in [-0.15, -0.1) is 0 Å². The van der Waals surface area contributed by atoms with Gasteiger partial charge in [-0.3, -0.25) is 0 Å². The van der Waals surface area contributed by atoms with Crippen LogP contribution < -0.4 is 4.74 Å². The molecular formula is C15H17Br2FO. The van der Waals surface area contributed by atoms with Crippen molar-refractivity contribution in [2.45, 2.75) is 49.5 Å². The van der Waals surface area contributed by atoms with Crippen molar-refractivity contribution in [3.05, 3.63) is 28.5 Å². The molecule has 0 radical (unpaired) electrons. The smallest absolute Gasteiger partial charge is 0.166 e. The van der Waals surface area contributed by atoms with E-state index in [0.29, 0.717) is 10.6 Å². The van der Waals surface area contributed by atoms with Crippen LogP contribution in [0.1, 0.15) is 38.5 Å². The van der Waals surface area contributed by atoms with Gasteiger partial charge in [0.1, 0.15) is 6.10 Å². The van der Waals surface area contributed by atoms with E-state index in [1.54, 1.807) is 6.07 Å². The molecule has 4 heteroatoms. The first-order chi connectivity index (χ1) is 9.12. The second-order valence-corrected chi connectivity index (χ2v) is 7.70. The number of ether oxygens (including phenoxy) is 1. The summed E-state index contributed by atoms with van der Waals surface area (Å²) in [5, 5.41) is 0. The fraction of sp³-hybridized carbons (Fsp3) is 0.600. The number of hydrogen-bond donors (Lipinski definition) is 0. The highest BCUT2D eigenvalue weighted by molar-refractivity contribution is 9.10. The van der Waals surface area contributed by atoms with Crippen molar-refractivity contribution in [3.63, 3.8) is 0 Å². The van der Waals surface area contributed by atoms with Gasteiger partial charge in [-0.05, 0) is 37.5 Å². The van der Waals surface area contributed by atoms with Gasteiger partial charge in [-0.1, -0.05) is 51.1 Å². The maximum atomic E-state index is 13.9. The van der Waals surface area contributed by atoms with Gasteiger partial charge in [-0.25, -0.2) is 4.39 Å². The molecule has 2 aliphatic rings. The van der Waals surface area contributed by atoms with E-state index in [1.807, 2.05) is 6.07 Å². The third-order valence-corrected chi connectivity index (χ3v) is 6.41. The number of halogens is 3. The zero-order chi connectivity index (χ0) is 13.5. The minimum absolute atomic E-state index is 0.160. The Kier molecular flexibility index (Phi) is 3.91. The minimum Gasteiger partial charge on any atom is -0.487 e. The molecule has 2 aliphatic carbocycles. The van der Waals surface area contributed by atoms with Crippen molar-refractivity contribution in [1.29, 1.82) is 0 Å². The first-order valence-corrected chi connectivity index (χ1v) is 8.58. The van der Waals surface area contributed by atoms with Crippen LogP contribution in [0.2, 0.25) is 0 Å². The lowest BCUT2D eigenvalue weighted by Gasteiger charge is -2.55. The molecule has 1 nitrogen and oxygen atoms in total. The molecule has 1 spiro atoms. The third kappa shape index (κ3) is 2.46. The van der Waals surface area contributed by atoms with E-state index in [0.717, 1.165) is 10.9 Å². The predicted octanol–water partition coefficient (Wildman–Crippen LogP) is 5.45. The number of rotatable bonds is 2. The van der Waals surface area contributed by atoms with Gasteiger partial charge in [0.25, 0.3) is 0 Å². The molecule has 0 bridgehead atoms. The summed E-state index contributed by atoms with van der Waals surface area (Å²) in [5.74, 6) is 0.107. The third-order valence-electron chi connectivity index (χ3n) is 4.63. The molecule has 0 amide bonds. The van der Waals surface area contributed by atoms with Crippen molar-refractivity contribution >= 4 is 31.9 Å². The number of benzene rings is 1. The second-order valence-electron chi connectivity index (χ2n) is 5.68. The monoisotopic (exact) mass is 390 g/mol. The van der Waals surface area contributed by atoms with E-state index < -0.39 is 0 Å². The summed E-state index contributed by atoms with van der Waals surface area (Å²) in [7, 11) is 0. The highest BCUT2D eigenvalue weighted by atomic mass is 79.9. The Hall–Kier alpha value is -0.0900. The van der Waals surface area contributed by atoms with Gasteiger partial charge in [0.05, 0.1) is 0 Å². The van der Waals surface area contributed by atoms with E-state index in [-0.39, 0.29) is 17.3 Å². The summed E-state index contributed by atoms with van der Waals surface area (Å²) >= 11 is 7.05. The highest BCUT2D eigenvalue weighted by Gasteiger charge is 2.55. The molecule has 0 N–H and O–H groups in total. The molecule has 19 heavy (non-hydrogen) atoms. The van der Waals surface area contributed by atoms with Crippen LogP contribution in [0.15, 0.2) is 22.7 Å². The Morgan fingerprint density at radius 1 is 1.21 bits per heavy atom. The van der Waals surface area contributed by atoms with Gasteiger partial charge < -0.3 is 4.74 Å². The maximum absolute atomic E-state index is 13.9. The van der Waals surface area contributed by atoms with Crippen molar-refractivity contribution in [1.82, 2.24) is 0 Å². The van der Waals surface area contributed by atoms with E-state index in [1.165, 1.54) is 38.2 Å². The molecule has 2 fully saturated rings. The Labute approximate surface area is 130 Å². The van der Waals surface area contributed by atoms with Crippen LogP contribution in [0.4, 0.5) is 4.39 Å². The summed E-state index contributed by atoms with van der Waals surface area (Å²) in [4.78, 5) is 0.531. The highest BCUT2D eigenvalue weighted by Crippen LogP contribution is 2.56. The lowest BCUT2D eigenvalue weighted by molar-refractivity contribution is -0.0617. The van der Waals surface area contributed by atoms with Crippen molar-refractivity contribution in [2.24, 2.45) is 5.41 Å². The zero-order valence-electron chi connectivity index (χ0n) is 10.7. The van der Waals surface area contributed by atoms with E-state index in [4.69, 9.17) is 4.74 Å². The second kappa shape index (κ2) is 5.36. The predicted molar refractivity (Wildman–Crippen MR) is 81.4 cm³/mol. The molecule has 1 aromatic rings. The SMILES string of the molecule is Fc1cc(Br)ccc1OC1CC(Br)C12CCCCC2. The van der Waals surface area contributed by atoms with Crippen LogP contribution in [-0.2, 0) is 0 Å². The fourth-order valence-electron chi connectivity index (χ4n) is 3.43. The van der Waals surface area contributed by atoms with Gasteiger partial charge in [0, 0.05) is 14.7 Å². The van der Waals surface area contributed by atoms with Crippen LogP contribution in [0, 0.1) is 11.2 Å². The molecule has 2 atom stereocenters. The van der Waals surface area contributed by atoms with Gasteiger partial charge >= 0.3 is 0 Å². The Balaban J connectivity index is 1.76. The molecule has 104 valence electrons. The lowest BCUT2D eigenvalue weighted by Crippen LogP contribution is -2.57. The largest absolute Gasteiger partial charge is 0.487 e. The van der Waals surface area contributed by atoms with E-state index >= 15 is 0 Å². The van der Waals surface area contributed by atoms with Crippen LogP contribution in [-0.4, -0.2) is 10.9 Å². The average Bonchev–Trinajstić information content (AvgIpc) is 2.42. The molecule has 2 unspecified atom stereocenters. The maximum Gasteiger partial charge on any atom is 0.166 e. The van der Waals surface area contributed by atoms with Crippen molar-refractivity contribution in [2.75, 3.05) is 0 Å². The van der Waals surface area contributed by atoms with E-state index in [9.17, 15) is 4.39 Å². The Bertz CT molecular complexity index is 471. The number of hydrogen-bond acceptors (Lipinski definition) is 1. The minimum atomic E-state index is -0.279. The average molecular weight is 392 g/mol. The Morgan fingerprint density at radius 3 is 2.58 bits per heavy atom. The zero-order valence-corrected chi connectivity index (χ0v) is 13.8. The lowest BCUT2D eigenvalue weighted by atomic mass is 9.58. The van der Waals surface area contributed by atoms with Crippen LogP contribution >= 0.6 is 31.9 Å². The Morgan fingerprint density at radius 2 is 1.95 bits per heavy atom. The summed E-state index contributed by atoms with van der Waals surface area (Å²) in [6, 6.07) is 5.01. The van der Waals surface area contributed by atoms with Crippen LogP contribution in [0.5, 0.6) is 5.75 Å². The molecular weight excluding hydrogens is 375 g/mol. The summed E-state index contributed by atoms with van der Waals surface area (Å²) in [6.45, 7) is 0. The quantitative estimate of drug-likeness (QED) is 0.608. The first kappa shape index (κ1) is 13.9. The molecule has 1 aromatic carbocycles. The standard InChI is InChI=1S/C15H17Br2FO/c16-10-4-5-12(11(18)8-10)19-14-9-13(17)15(14)6-2-1-3-7-15/h4-5,8,13-14H,1-3,6-7,9H2. The number of alkyl halides is 1. The first-order valence-electron chi connectivity index (χ1n) is 6.87. The van der Waals surface area contributed by atoms with Crippen molar-refractivity contribution in [3.8, 4) is 5.75 Å². The summed E-state index contributed by atoms with van der Waals surface area (Å²) < 4.78 is 20.6. The van der Waals surface area contributed by atoms with Gasteiger partial charge in [0.2, 0.25) is 0 Å². The molecule has 0 aromatic heterocycles. The molecule has 2 saturated carbocycles. The summed E-state index contributed by atoms with van der Waals surface area (Å²) in [6.07, 6.45) is 7.40. The van der Waals surface area contributed by atoms with Gasteiger partial charge in [-0.2, -0.15) is 0 Å². The molecule has 0 heterocycles. The van der Waals surface area contributed by atoms with Crippen LogP contribution in [0.25, 0.3) is 0 Å². The normalized spacial score (nSPS) is 29.0. The van der Waals surface area contributed by atoms with Crippen molar-refractivity contribution < 1.29 is 9.13 Å². The summed E-state index contributed by atoms with van der Waals surface area (Å²) in [5.41, 5.74) is 0.234.